The van der Waals surface area contributed by atoms with Gasteiger partial charge in [-0.15, -0.1) is 0 Å². The number of hydrogen-bond donors (Lipinski definition) is 1. The monoisotopic (exact) mass is 302 g/mol. The lowest BCUT2D eigenvalue weighted by atomic mass is 10.1. The van der Waals surface area contributed by atoms with Gasteiger partial charge < -0.3 is 5.32 Å². The Morgan fingerprint density at radius 1 is 1.32 bits per heavy atom. The number of rotatable bonds is 4. The van der Waals surface area contributed by atoms with Crippen LogP contribution in [0.1, 0.15) is 18.4 Å². The van der Waals surface area contributed by atoms with Gasteiger partial charge in [-0.25, -0.2) is 12.7 Å². The number of hydrogen-bond acceptors (Lipinski definition) is 3. The van der Waals surface area contributed by atoms with E-state index < -0.39 is 10.0 Å². The minimum absolute atomic E-state index is 0.356. The molecular formula is C13H19ClN2O2S. The minimum atomic E-state index is -3.04. The highest BCUT2D eigenvalue weighted by Crippen LogP contribution is 2.17. The van der Waals surface area contributed by atoms with Crippen LogP contribution in [-0.4, -0.2) is 38.1 Å². The Labute approximate surface area is 119 Å². The standard InChI is InChI=1S/C13H19ClN2O2S/c1-19(17,18)16-8-6-12(7-9-16)15-10-11-4-2-3-5-13(11)14/h2-5,12,15H,6-10H2,1H3. The van der Waals surface area contributed by atoms with Crippen LogP contribution in [0.5, 0.6) is 0 Å². The lowest BCUT2D eigenvalue weighted by Gasteiger charge is -2.30. The van der Waals surface area contributed by atoms with Crippen molar-refractivity contribution in [2.75, 3.05) is 19.3 Å². The fourth-order valence-electron chi connectivity index (χ4n) is 2.29. The zero-order valence-corrected chi connectivity index (χ0v) is 12.5. The normalized spacial score (nSPS) is 18.6. The largest absolute Gasteiger partial charge is 0.310 e. The van der Waals surface area contributed by atoms with Crippen LogP contribution in [0.2, 0.25) is 5.02 Å². The highest BCUT2D eigenvalue weighted by atomic mass is 35.5. The van der Waals surface area contributed by atoms with Gasteiger partial charge in [0.15, 0.2) is 0 Å². The quantitative estimate of drug-likeness (QED) is 0.923. The van der Waals surface area contributed by atoms with Gasteiger partial charge in [0.1, 0.15) is 0 Å². The number of halogens is 1. The Kier molecular flexibility index (Phi) is 4.84. The van der Waals surface area contributed by atoms with E-state index in [0.717, 1.165) is 30.0 Å². The molecule has 2 rings (SSSR count). The zero-order valence-electron chi connectivity index (χ0n) is 11.0. The average Bonchev–Trinajstić information content (AvgIpc) is 2.37. The molecule has 0 unspecified atom stereocenters. The summed E-state index contributed by atoms with van der Waals surface area (Å²) in [5.41, 5.74) is 1.08. The topological polar surface area (TPSA) is 49.4 Å². The molecule has 1 aliphatic rings. The van der Waals surface area contributed by atoms with Crippen LogP contribution in [0.15, 0.2) is 24.3 Å². The Bertz CT molecular complexity index is 525. The van der Waals surface area contributed by atoms with Crippen molar-refractivity contribution in [3.05, 3.63) is 34.9 Å². The lowest BCUT2D eigenvalue weighted by molar-refractivity contribution is 0.290. The molecule has 0 aliphatic carbocycles. The third-order valence-electron chi connectivity index (χ3n) is 3.46. The van der Waals surface area contributed by atoms with Crippen molar-refractivity contribution < 1.29 is 8.42 Å². The summed E-state index contributed by atoms with van der Waals surface area (Å²) in [6.45, 7) is 1.92. The van der Waals surface area contributed by atoms with Gasteiger partial charge >= 0.3 is 0 Å². The molecule has 1 N–H and O–H groups in total. The molecule has 0 saturated carbocycles. The summed E-state index contributed by atoms with van der Waals surface area (Å²) in [4.78, 5) is 0. The van der Waals surface area contributed by atoms with E-state index in [9.17, 15) is 8.42 Å². The molecule has 0 amide bonds. The summed E-state index contributed by atoms with van der Waals surface area (Å²) < 4.78 is 24.4. The van der Waals surface area contributed by atoms with Crippen LogP contribution < -0.4 is 5.32 Å². The number of sulfonamides is 1. The van der Waals surface area contributed by atoms with Gasteiger partial charge in [-0.05, 0) is 24.5 Å². The minimum Gasteiger partial charge on any atom is -0.310 e. The first-order valence-corrected chi connectivity index (χ1v) is 8.61. The maximum atomic E-state index is 11.4. The fourth-order valence-corrected chi connectivity index (χ4v) is 3.36. The molecule has 1 aromatic rings. The first-order chi connectivity index (χ1) is 8.97. The molecule has 19 heavy (non-hydrogen) atoms. The summed E-state index contributed by atoms with van der Waals surface area (Å²) in [7, 11) is -3.04. The van der Waals surface area contributed by atoms with Crippen molar-refractivity contribution in [1.29, 1.82) is 0 Å². The fraction of sp³-hybridized carbons (Fsp3) is 0.538. The van der Waals surface area contributed by atoms with Gasteiger partial charge in [0.05, 0.1) is 6.26 Å². The predicted molar refractivity (Wildman–Crippen MR) is 77.7 cm³/mol. The first-order valence-electron chi connectivity index (χ1n) is 6.39. The average molecular weight is 303 g/mol. The highest BCUT2D eigenvalue weighted by molar-refractivity contribution is 7.88. The number of nitrogens with zero attached hydrogens (tertiary/aromatic N) is 1. The van der Waals surface area contributed by atoms with Crippen LogP contribution in [0.25, 0.3) is 0 Å². The zero-order chi connectivity index (χ0) is 13.9. The molecule has 106 valence electrons. The second-order valence-corrected chi connectivity index (χ2v) is 7.30. The van der Waals surface area contributed by atoms with Crippen LogP contribution in [0.3, 0.4) is 0 Å². The number of nitrogens with one attached hydrogen (secondary N) is 1. The van der Waals surface area contributed by atoms with Crippen molar-refractivity contribution in [3.8, 4) is 0 Å². The summed E-state index contributed by atoms with van der Waals surface area (Å²) in [5, 5.41) is 4.21. The molecule has 1 aliphatic heterocycles. The first kappa shape index (κ1) is 14.8. The van der Waals surface area contributed by atoms with Crippen molar-refractivity contribution in [2.24, 2.45) is 0 Å². The molecule has 0 bridgehead atoms. The maximum absolute atomic E-state index is 11.4. The molecule has 1 saturated heterocycles. The Morgan fingerprint density at radius 3 is 2.53 bits per heavy atom. The smallest absolute Gasteiger partial charge is 0.211 e. The van der Waals surface area contributed by atoms with Crippen molar-refractivity contribution in [1.82, 2.24) is 9.62 Å². The van der Waals surface area contributed by atoms with Gasteiger partial charge in [-0.2, -0.15) is 0 Å². The summed E-state index contributed by atoms with van der Waals surface area (Å²) in [6, 6.07) is 8.12. The maximum Gasteiger partial charge on any atom is 0.211 e. The van der Waals surface area contributed by atoms with Gasteiger partial charge in [0, 0.05) is 30.7 Å². The third-order valence-corrected chi connectivity index (χ3v) is 5.13. The second kappa shape index (κ2) is 6.22. The molecule has 1 fully saturated rings. The Morgan fingerprint density at radius 2 is 1.95 bits per heavy atom. The van der Waals surface area contributed by atoms with Crippen molar-refractivity contribution in [3.63, 3.8) is 0 Å². The van der Waals surface area contributed by atoms with Crippen LogP contribution in [0, 0.1) is 0 Å². The van der Waals surface area contributed by atoms with Gasteiger partial charge in [-0.3, -0.25) is 0 Å². The molecule has 4 nitrogen and oxygen atoms in total. The van der Waals surface area contributed by atoms with Crippen LogP contribution in [-0.2, 0) is 16.6 Å². The van der Waals surface area contributed by atoms with E-state index in [1.54, 1.807) is 4.31 Å². The van der Waals surface area contributed by atoms with Gasteiger partial charge in [0.2, 0.25) is 10.0 Å². The van der Waals surface area contributed by atoms with E-state index in [2.05, 4.69) is 5.32 Å². The van der Waals surface area contributed by atoms with E-state index in [4.69, 9.17) is 11.6 Å². The van der Waals surface area contributed by atoms with E-state index in [0.29, 0.717) is 19.1 Å². The van der Waals surface area contributed by atoms with Gasteiger partial charge in [-0.1, -0.05) is 29.8 Å². The van der Waals surface area contributed by atoms with Gasteiger partial charge in [0.25, 0.3) is 0 Å². The molecule has 0 radical (unpaired) electrons. The summed E-state index contributed by atoms with van der Waals surface area (Å²) >= 11 is 6.10. The Hall–Kier alpha value is -0.620. The van der Waals surface area contributed by atoms with E-state index in [1.807, 2.05) is 24.3 Å². The van der Waals surface area contributed by atoms with Crippen molar-refractivity contribution in [2.45, 2.75) is 25.4 Å². The highest BCUT2D eigenvalue weighted by Gasteiger charge is 2.24. The lowest BCUT2D eigenvalue weighted by Crippen LogP contribution is -2.44. The van der Waals surface area contributed by atoms with Crippen LogP contribution in [0.4, 0.5) is 0 Å². The summed E-state index contributed by atoms with van der Waals surface area (Å²) in [6.07, 6.45) is 2.96. The molecule has 0 atom stereocenters. The number of benzene rings is 1. The van der Waals surface area contributed by atoms with E-state index >= 15 is 0 Å². The molecule has 0 spiro atoms. The van der Waals surface area contributed by atoms with E-state index in [1.165, 1.54) is 6.26 Å². The predicted octanol–water partition coefficient (Wildman–Crippen LogP) is 1.85. The molecule has 0 aromatic heterocycles. The summed E-state index contributed by atoms with van der Waals surface area (Å²) in [5.74, 6) is 0. The molecule has 1 heterocycles. The Balaban J connectivity index is 1.82. The molecular weight excluding hydrogens is 284 g/mol. The molecule has 1 aromatic carbocycles. The van der Waals surface area contributed by atoms with Crippen LogP contribution >= 0.6 is 11.6 Å². The number of piperidine rings is 1. The molecule has 6 heteroatoms. The SMILES string of the molecule is CS(=O)(=O)N1CCC(NCc2ccccc2Cl)CC1. The van der Waals surface area contributed by atoms with E-state index in [-0.39, 0.29) is 0 Å². The second-order valence-electron chi connectivity index (χ2n) is 4.91. The third kappa shape index (κ3) is 4.18. The van der Waals surface area contributed by atoms with Crippen molar-refractivity contribution >= 4 is 21.6 Å².